The number of nitrogens with zero attached hydrogens (tertiary/aromatic N) is 2. The van der Waals surface area contributed by atoms with Crippen LogP contribution in [0.25, 0.3) is 0 Å². The van der Waals surface area contributed by atoms with Gasteiger partial charge in [0, 0.05) is 38.2 Å². The smallest absolute Gasteiger partial charge is 0.222 e. The second-order valence-electron chi connectivity index (χ2n) is 9.16. The van der Waals surface area contributed by atoms with Crippen LogP contribution in [0.1, 0.15) is 63.4 Å². The summed E-state index contributed by atoms with van der Waals surface area (Å²) in [5.41, 5.74) is 1.18. The molecule has 0 N–H and O–H groups in total. The molecule has 4 rings (SSSR count). The summed E-state index contributed by atoms with van der Waals surface area (Å²) in [7, 11) is 4.21. The van der Waals surface area contributed by atoms with Gasteiger partial charge < -0.3 is 9.64 Å². The molecule has 27 heavy (non-hydrogen) atoms. The SMILES string of the molecule is CN1Cc2ccccc2OC2(CCC(N(C)C(=O)CC3CCCC3)CC2)C1. The van der Waals surface area contributed by atoms with Gasteiger partial charge in [-0.3, -0.25) is 9.69 Å². The highest BCUT2D eigenvalue weighted by Gasteiger charge is 2.41. The Hall–Kier alpha value is -1.55. The van der Waals surface area contributed by atoms with Gasteiger partial charge in [-0.05, 0) is 57.6 Å². The molecule has 1 amide bonds. The number of benzene rings is 1. The standard InChI is InChI=1S/C23H34N2O2/c1-24-16-19-9-5-6-10-21(19)27-23(17-24)13-11-20(12-14-23)25(2)22(26)15-18-7-3-4-8-18/h5-6,9-10,18,20H,3-4,7-8,11-17H2,1-2H3. The van der Waals surface area contributed by atoms with Crippen molar-refractivity contribution in [2.45, 2.75) is 76.0 Å². The minimum atomic E-state index is -0.104. The van der Waals surface area contributed by atoms with E-state index in [1.54, 1.807) is 0 Å². The van der Waals surface area contributed by atoms with Gasteiger partial charge in [-0.1, -0.05) is 31.0 Å². The second-order valence-corrected chi connectivity index (χ2v) is 9.16. The van der Waals surface area contributed by atoms with Crippen molar-refractivity contribution in [1.82, 2.24) is 9.80 Å². The summed E-state index contributed by atoms with van der Waals surface area (Å²) in [6.07, 6.45) is 9.99. The van der Waals surface area contributed by atoms with E-state index in [2.05, 4.69) is 41.1 Å². The third-order valence-corrected chi connectivity index (χ3v) is 7.04. The van der Waals surface area contributed by atoms with Gasteiger partial charge in [0.05, 0.1) is 0 Å². The number of fused-ring (bicyclic) bond motifs is 1. The summed E-state index contributed by atoms with van der Waals surface area (Å²) >= 11 is 0. The summed E-state index contributed by atoms with van der Waals surface area (Å²) in [5.74, 6) is 2.03. The molecule has 0 bridgehead atoms. The highest BCUT2D eigenvalue weighted by Crippen LogP contribution is 2.39. The van der Waals surface area contributed by atoms with E-state index >= 15 is 0 Å². The first-order chi connectivity index (χ1) is 13.0. The Morgan fingerprint density at radius 1 is 1.19 bits per heavy atom. The molecule has 0 unspecified atom stereocenters. The molecule has 1 heterocycles. The average molecular weight is 371 g/mol. The van der Waals surface area contributed by atoms with Crippen molar-refractivity contribution in [3.63, 3.8) is 0 Å². The highest BCUT2D eigenvalue weighted by atomic mass is 16.5. The normalized spacial score (nSPS) is 29.2. The molecule has 2 saturated carbocycles. The van der Waals surface area contributed by atoms with Crippen molar-refractivity contribution < 1.29 is 9.53 Å². The zero-order valence-corrected chi connectivity index (χ0v) is 17.0. The Balaban J connectivity index is 1.38. The number of likely N-dealkylation sites (N-methyl/N-ethyl adjacent to an activating group) is 1. The molecule has 0 atom stereocenters. The van der Waals surface area contributed by atoms with Gasteiger partial charge in [-0.2, -0.15) is 0 Å². The van der Waals surface area contributed by atoms with Crippen molar-refractivity contribution in [2.75, 3.05) is 20.6 Å². The third-order valence-electron chi connectivity index (χ3n) is 7.04. The van der Waals surface area contributed by atoms with Gasteiger partial charge in [0.25, 0.3) is 0 Å². The maximum Gasteiger partial charge on any atom is 0.222 e. The van der Waals surface area contributed by atoms with Gasteiger partial charge in [0.2, 0.25) is 5.91 Å². The van der Waals surface area contributed by atoms with Crippen molar-refractivity contribution >= 4 is 5.91 Å². The second kappa shape index (κ2) is 7.83. The summed E-state index contributed by atoms with van der Waals surface area (Å²) in [4.78, 5) is 17.2. The van der Waals surface area contributed by atoms with Crippen LogP contribution in [0.5, 0.6) is 5.75 Å². The van der Waals surface area contributed by atoms with E-state index in [-0.39, 0.29) is 5.60 Å². The van der Waals surface area contributed by atoms with E-state index in [4.69, 9.17) is 4.74 Å². The summed E-state index contributed by atoms with van der Waals surface area (Å²) in [6, 6.07) is 8.82. The lowest BCUT2D eigenvalue weighted by molar-refractivity contribution is -0.134. The number of hydrogen-bond donors (Lipinski definition) is 0. The molecular weight excluding hydrogens is 336 g/mol. The number of rotatable bonds is 3. The number of carbonyl (C=O) groups is 1. The Morgan fingerprint density at radius 2 is 1.89 bits per heavy atom. The Morgan fingerprint density at radius 3 is 2.63 bits per heavy atom. The van der Waals surface area contributed by atoms with E-state index in [1.807, 2.05) is 7.05 Å². The van der Waals surface area contributed by atoms with Gasteiger partial charge in [0.1, 0.15) is 11.4 Å². The quantitative estimate of drug-likeness (QED) is 0.798. The first-order valence-corrected chi connectivity index (χ1v) is 10.8. The molecule has 1 aliphatic heterocycles. The van der Waals surface area contributed by atoms with Crippen LogP contribution < -0.4 is 4.74 Å². The number of amides is 1. The summed E-state index contributed by atoms with van der Waals surface area (Å²) in [5, 5.41) is 0. The van der Waals surface area contributed by atoms with Crippen LogP contribution in [0.3, 0.4) is 0 Å². The molecule has 1 spiro atoms. The Labute approximate surface area is 163 Å². The van der Waals surface area contributed by atoms with Gasteiger partial charge >= 0.3 is 0 Å². The Bertz CT molecular complexity index is 660. The first-order valence-electron chi connectivity index (χ1n) is 10.8. The van der Waals surface area contributed by atoms with Crippen LogP contribution in [0.4, 0.5) is 0 Å². The molecule has 3 aliphatic rings. The number of ether oxygens (including phenoxy) is 1. The molecule has 0 radical (unpaired) electrons. The molecule has 0 saturated heterocycles. The van der Waals surface area contributed by atoms with Crippen molar-refractivity contribution in [3.8, 4) is 5.75 Å². The molecule has 4 heteroatoms. The van der Waals surface area contributed by atoms with Crippen LogP contribution in [-0.4, -0.2) is 48.0 Å². The maximum absolute atomic E-state index is 12.7. The maximum atomic E-state index is 12.7. The van der Waals surface area contributed by atoms with Crippen LogP contribution in [-0.2, 0) is 11.3 Å². The van der Waals surface area contributed by atoms with Crippen LogP contribution in [0, 0.1) is 5.92 Å². The van der Waals surface area contributed by atoms with Gasteiger partial charge in [-0.25, -0.2) is 0 Å². The van der Waals surface area contributed by atoms with Gasteiger partial charge in [-0.15, -0.1) is 0 Å². The van der Waals surface area contributed by atoms with Gasteiger partial charge in [0.15, 0.2) is 0 Å². The molecular formula is C23H34N2O2. The zero-order valence-electron chi connectivity index (χ0n) is 17.0. The lowest BCUT2D eigenvalue weighted by atomic mass is 9.81. The van der Waals surface area contributed by atoms with Crippen molar-refractivity contribution in [2.24, 2.45) is 5.92 Å². The first kappa shape index (κ1) is 18.8. The predicted octanol–water partition coefficient (Wildman–Crippen LogP) is 4.23. The molecule has 4 nitrogen and oxygen atoms in total. The third kappa shape index (κ3) is 4.16. The largest absolute Gasteiger partial charge is 0.486 e. The van der Waals surface area contributed by atoms with E-state index in [0.29, 0.717) is 17.9 Å². The molecule has 1 aromatic rings. The van der Waals surface area contributed by atoms with Crippen molar-refractivity contribution in [1.29, 1.82) is 0 Å². The molecule has 2 fully saturated rings. The lowest BCUT2D eigenvalue weighted by Gasteiger charge is -2.43. The van der Waals surface area contributed by atoms with E-state index in [9.17, 15) is 4.79 Å². The fourth-order valence-corrected chi connectivity index (χ4v) is 5.42. The molecule has 0 aromatic heterocycles. The van der Waals surface area contributed by atoms with Crippen LogP contribution in [0.15, 0.2) is 24.3 Å². The van der Waals surface area contributed by atoms with Crippen LogP contribution in [0.2, 0.25) is 0 Å². The minimum absolute atomic E-state index is 0.104. The highest BCUT2D eigenvalue weighted by molar-refractivity contribution is 5.76. The van der Waals surface area contributed by atoms with E-state index in [1.165, 1.54) is 31.2 Å². The summed E-state index contributed by atoms with van der Waals surface area (Å²) in [6.45, 7) is 1.91. The molecule has 1 aromatic carbocycles. The minimum Gasteiger partial charge on any atom is -0.486 e. The van der Waals surface area contributed by atoms with E-state index < -0.39 is 0 Å². The number of carbonyl (C=O) groups excluding carboxylic acids is 1. The summed E-state index contributed by atoms with van der Waals surface area (Å²) < 4.78 is 6.61. The topological polar surface area (TPSA) is 32.8 Å². The monoisotopic (exact) mass is 370 g/mol. The number of hydrogen-bond acceptors (Lipinski definition) is 3. The molecule has 2 aliphatic carbocycles. The fourth-order valence-electron chi connectivity index (χ4n) is 5.42. The Kier molecular flexibility index (Phi) is 5.45. The lowest BCUT2D eigenvalue weighted by Crippen LogP contribution is -2.51. The fraction of sp³-hybridized carbons (Fsp3) is 0.696. The van der Waals surface area contributed by atoms with Crippen LogP contribution >= 0.6 is 0 Å². The van der Waals surface area contributed by atoms with Crippen molar-refractivity contribution in [3.05, 3.63) is 29.8 Å². The van der Waals surface area contributed by atoms with E-state index in [0.717, 1.165) is 50.9 Å². The zero-order chi connectivity index (χ0) is 18.9. The average Bonchev–Trinajstić information content (AvgIpc) is 3.11. The molecule has 148 valence electrons. The number of para-hydroxylation sites is 1. The predicted molar refractivity (Wildman–Crippen MR) is 108 cm³/mol.